The summed E-state index contributed by atoms with van der Waals surface area (Å²) >= 11 is 0. The van der Waals surface area contributed by atoms with Gasteiger partial charge >= 0.3 is 0 Å². The number of carbonyl (C=O) groups is 1. The molecule has 1 heterocycles. The Morgan fingerprint density at radius 2 is 2.29 bits per heavy atom. The van der Waals surface area contributed by atoms with E-state index in [1.807, 2.05) is 37.4 Å². The molecule has 2 rings (SSSR count). The second-order valence-electron chi connectivity index (χ2n) is 7.07. The zero-order chi connectivity index (χ0) is 20.2. The largest absolute Gasteiger partial charge is 0.376 e. The van der Waals surface area contributed by atoms with Gasteiger partial charge in [0.05, 0.1) is 12.6 Å². The lowest BCUT2D eigenvalue weighted by Crippen LogP contribution is -2.39. The van der Waals surface area contributed by atoms with Crippen molar-refractivity contribution in [3.8, 4) is 0 Å². The second kappa shape index (κ2) is 12.2. The molecule has 1 aromatic carbocycles. The molecule has 1 fully saturated rings. The molecule has 1 aromatic rings. The van der Waals surface area contributed by atoms with Crippen LogP contribution in [0.1, 0.15) is 48.5 Å². The van der Waals surface area contributed by atoms with E-state index in [0.717, 1.165) is 56.9 Å². The van der Waals surface area contributed by atoms with Crippen molar-refractivity contribution in [2.75, 3.05) is 33.3 Å². The van der Waals surface area contributed by atoms with Crippen LogP contribution in [-0.2, 0) is 11.3 Å². The van der Waals surface area contributed by atoms with E-state index in [9.17, 15) is 4.79 Å². The first-order valence-corrected chi connectivity index (χ1v) is 10.2. The number of nitrogens with one attached hydrogen (secondary N) is 2. The van der Waals surface area contributed by atoms with E-state index in [0.29, 0.717) is 18.7 Å². The summed E-state index contributed by atoms with van der Waals surface area (Å²) in [6.07, 6.45) is 6.22. The van der Waals surface area contributed by atoms with E-state index >= 15 is 0 Å². The van der Waals surface area contributed by atoms with Crippen molar-refractivity contribution in [3.05, 3.63) is 48.0 Å². The molecule has 6 heteroatoms. The summed E-state index contributed by atoms with van der Waals surface area (Å²) in [7, 11) is 2.04. The van der Waals surface area contributed by atoms with Gasteiger partial charge in [-0.3, -0.25) is 4.79 Å². The fourth-order valence-corrected chi connectivity index (χ4v) is 3.14. The molecule has 1 aliphatic heterocycles. The SMILES string of the molecule is C=CCCCN(C)C(=NCc1cccc(C(=O)NCC2CCCO2)c1)NCC. The maximum Gasteiger partial charge on any atom is 0.251 e. The number of carbonyl (C=O) groups excluding carboxylic acids is 1. The average molecular weight is 387 g/mol. The summed E-state index contributed by atoms with van der Waals surface area (Å²) in [6.45, 7) is 9.46. The summed E-state index contributed by atoms with van der Waals surface area (Å²) in [5, 5.41) is 6.30. The summed E-state index contributed by atoms with van der Waals surface area (Å²) in [4.78, 5) is 19.3. The van der Waals surface area contributed by atoms with Crippen molar-refractivity contribution in [1.82, 2.24) is 15.5 Å². The number of ether oxygens (including phenoxy) is 1. The summed E-state index contributed by atoms with van der Waals surface area (Å²) in [5.74, 6) is 0.814. The van der Waals surface area contributed by atoms with Gasteiger partial charge in [0.15, 0.2) is 5.96 Å². The lowest BCUT2D eigenvalue weighted by Gasteiger charge is -2.21. The standard InChI is InChI=1S/C22H34N4O2/c1-4-6-7-13-26(3)22(23-5-2)25-16-18-10-8-11-19(15-18)21(27)24-17-20-12-9-14-28-20/h4,8,10-11,15,20H,1,5-7,9,12-14,16-17H2,2-3H3,(H,23,25)(H,24,27). The van der Waals surface area contributed by atoms with Gasteiger partial charge in [-0.15, -0.1) is 6.58 Å². The highest BCUT2D eigenvalue weighted by molar-refractivity contribution is 5.94. The van der Waals surface area contributed by atoms with Crippen molar-refractivity contribution in [2.45, 2.75) is 45.3 Å². The van der Waals surface area contributed by atoms with E-state index in [2.05, 4.69) is 29.0 Å². The Bertz CT molecular complexity index is 654. The van der Waals surface area contributed by atoms with Crippen LogP contribution < -0.4 is 10.6 Å². The molecule has 0 bridgehead atoms. The van der Waals surface area contributed by atoms with Crippen molar-refractivity contribution >= 4 is 11.9 Å². The molecule has 1 amide bonds. The van der Waals surface area contributed by atoms with E-state index in [1.165, 1.54) is 0 Å². The fourth-order valence-electron chi connectivity index (χ4n) is 3.14. The molecule has 0 spiro atoms. The maximum absolute atomic E-state index is 12.4. The van der Waals surface area contributed by atoms with Crippen LogP contribution in [0.25, 0.3) is 0 Å². The van der Waals surface area contributed by atoms with Crippen molar-refractivity contribution in [1.29, 1.82) is 0 Å². The first kappa shape index (κ1) is 22.0. The Balaban J connectivity index is 1.93. The number of nitrogens with zero attached hydrogens (tertiary/aromatic N) is 2. The van der Waals surface area contributed by atoms with Gasteiger partial charge in [0.2, 0.25) is 0 Å². The van der Waals surface area contributed by atoms with Crippen LogP contribution in [0.3, 0.4) is 0 Å². The number of guanidine groups is 1. The monoisotopic (exact) mass is 386 g/mol. The van der Waals surface area contributed by atoms with Crippen LogP contribution >= 0.6 is 0 Å². The van der Waals surface area contributed by atoms with E-state index in [1.54, 1.807) is 0 Å². The van der Waals surface area contributed by atoms with Crippen molar-refractivity contribution in [2.24, 2.45) is 4.99 Å². The minimum absolute atomic E-state index is 0.0604. The normalized spacial score (nSPS) is 16.6. The zero-order valence-corrected chi connectivity index (χ0v) is 17.2. The minimum atomic E-state index is -0.0604. The third-order valence-corrected chi connectivity index (χ3v) is 4.71. The number of aliphatic imine (C=N–C) groups is 1. The van der Waals surface area contributed by atoms with Crippen molar-refractivity contribution < 1.29 is 9.53 Å². The Kier molecular flexibility index (Phi) is 9.55. The highest BCUT2D eigenvalue weighted by Gasteiger charge is 2.16. The van der Waals surface area contributed by atoms with Crippen LogP contribution in [0.2, 0.25) is 0 Å². The topological polar surface area (TPSA) is 66.0 Å². The zero-order valence-electron chi connectivity index (χ0n) is 17.2. The first-order chi connectivity index (χ1) is 13.6. The number of hydrogen-bond donors (Lipinski definition) is 2. The van der Waals surface area contributed by atoms with E-state index in [4.69, 9.17) is 9.73 Å². The summed E-state index contributed by atoms with van der Waals surface area (Å²) < 4.78 is 5.56. The lowest BCUT2D eigenvalue weighted by molar-refractivity contribution is 0.0857. The van der Waals surface area contributed by atoms with Gasteiger partial charge in [-0.05, 0) is 50.3 Å². The van der Waals surface area contributed by atoms with Gasteiger partial charge in [0, 0.05) is 38.9 Å². The predicted octanol–water partition coefficient (Wildman–Crippen LogP) is 2.96. The lowest BCUT2D eigenvalue weighted by atomic mass is 10.1. The number of hydrogen-bond acceptors (Lipinski definition) is 3. The molecule has 0 aliphatic carbocycles. The third-order valence-electron chi connectivity index (χ3n) is 4.71. The highest BCUT2D eigenvalue weighted by Crippen LogP contribution is 2.11. The first-order valence-electron chi connectivity index (χ1n) is 10.2. The Labute approximate surface area is 169 Å². The van der Waals surface area contributed by atoms with Crippen molar-refractivity contribution in [3.63, 3.8) is 0 Å². The number of allylic oxidation sites excluding steroid dienone is 1. The fraction of sp³-hybridized carbons (Fsp3) is 0.545. The number of unbranched alkanes of at least 4 members (excludes halogenated alkanes) is 1. The van der Waals surface area contributed by atoms with E-state index < -0.39 is 0 Å². The van der Waals surface area contributed by atoms with E-state index in [-0.39, 0.29) is 12.0 Å². The predicted molar refractivity (Wildman–Crippen MR) is 115 cm³/mol. The average Bonchev–Trinajstić information content (AvgIpc) is 3.23. The molecule has 2 N–H and O–H groups in total. The molecule has 6 nitrogen and oxygen atoms in total. The summed E-state index contributed by atoms with van der Waals surface area (Å²) in [5.41, 5.74) is 1.68. The number of rotatable bonds is 10. The minimum Gasteiger partial charge on any atom is -0.376 e. The second-order valence-corrected chi connectivity index (χ2v) is 7.07. The van der Waals surface area contributed by atoms with Gasteiger partial charge in [0.1, 0.15) is 0 Å². The molecule has 0 saturated carbocycles. The smallest absolute Gasteiger partial charge is 0.251 e. The van der Waals surface area contributed by atoms with Crippen LogP contribution in [-0.4, -0.2) is 56.2 Å². The Hall–Kier alpha value is -2.34. The maximum atomic E-state index is 12.4. The molecule has 1 aliphatic rings. The van der Waals surface area contributed by atoms with Gasteiger partial charge in [-0.1, -0.05) is 18.2 Å². The quantitative estimate of drug-likeness (QED) is 0.281. The Morgan fingerprint density at radius 1 is 1.43 bits per heavy atom. The molecule has 1 saturated heterocycles. The third kappa shape index (κ3) is 7.35. The van der Waals surface area contributed by atoms with Gasteiger partial charge < -0.3 is 20.3 Å². The van der Waals surface area contributed by atoms with Crippen LogP contribution in [0, 0.1) is 0 Å². The molecular weight excluding hydrogens is 352 g/mol. The van der Waals surface area contributed by atoms with Gasteiger partial charge in [-0.25, -0.2) is 4.99 Å². The number of amides is 1. The van der Waals surface area contributed by atoms with Gasteiger partial charge in [-0.2, -0.15) is 0 Å². The molecule has 1 unspecified atom stereocenters. The number of benzene rings is 1. The molecule has 0 aromatic heterocycles. The molecule has 154 valence electrons. The van der Waals surface area contributed by atoms with Gasteiger partial charge in [0.25, 0.3) is 5.91 Å². The summed E-state index contributed by atoms with van der Waals surface area (Å²) in [6, 6.07) is 7.66. The highest BCUT2D eigenvalue weighted by atomic mass is 16.5. The van der Waals surface area contributed by atoms with Crippen LogP contribution in [0.5, 0.6) is 0 Å². The van der Waals surface area contributed by atoms with Crippen LogP contribution in [0.15, 0.2) is 41.9 Å². The molecule has 1 atom stereocenters. The molecule has 0 radical (unpaired) electrons. The molecular formula is C22H34N4O2. The molecule has 28 heavy (non-hydrogen) atoms. The Morgan fingerprint density at radius 3 is 3.00 bits per heavy atom. The van der Waals surface area contributed by atoms with Crippen LogP contribution in [0.4, 0.5) is 0 Å².